The van der Waals surface area contributed by atoms with Crippen LogP contribution in [-0.4, -0.2) is 6.61 Å². The van der Waals surface area contributed by atoms with Crippen LogP contribution in [0, 0.1) is 23.2 Å². The first-order chi connectivity index (χ1) is 16.3. The fraction of sp³-hybridized carbons (Fsp3) is 0.581. The Morgan fingerprint density at radius 2 is 1.45 bits per heavy atom. The lowest BCUT2D eigenvalue weighted by Gasteiger charge is -2.25. The van der Waals surface area contributed by atoms with E-state index < -0.39 is 0 Å². The number of hydrogen-bond acceptors (Lipinski definition) is 2. The Balaban J connectivity index is 1.39. The highest BCUT2D eigenvalue weighted by Crippen LogP contribution is 2.32. The third kappa shape index (κ3) is 8.88. The van der Waals surface area contributed by atoms with E-state index in [4.69, 9.17) is 4.74 Å². The van der Waals surface area contributed by atoms with E-state index >= 15 is 0 Å². The normalized spacial score (nSPS) is 15.2. The molecule has 0 N–H and O–H groups in total. The van der Waals surface area contributed by atoms with Crippen molar-refractivity contribution >= 4 is 0 Å². The van der Waals surface area contributed by atoms with Gasteiger partial charge in [-0.1, -0.05) is 94.7 Å². The number of nitrogens with zero attached hydrogens (tertiary/aromatic N) is 1. The summed E-state index contributed by atoms with van der Waals surface area (Å²) in [6.45, 7) is 3.07. The van der Waals surface area contributed by atoms with Gasteiger partial charge >= 0.3 is 0 Å². The smallest absolute Gasteiger partial charge is 0.119 e. The van der Waals surface area contributed by atoms with Crippen LogP contribution < -0.4 is 4.74 Å². The quantitative estimate of drug-likeness (QED) is 0.272. The minimum absolute atomic E-state index is 0.256. The van der Waals surface area contributed by atoms with Crippen molar-refractivity contribution < 1.29 is 4.74 Å². The monoisotopic (exact) mass is 445 g/mol. The van der Waals surface area contributed by atoms with E-state index in [1.807, 2.05) is 0 Å². The number of rotatable bonds is 14. The zero-order chi connectivity index (χ0) is 23.1. The van der Waals surface area contributed by atoms with Crippen molar-refractivity contribution in [3.63, 3.8) is 0 Å². The number of aryl methyl sites for hydroxylation is 1. The summed E-state index contributed by atoms with van der Waals surface area (Å²) in [5.41, 5.74) is 3.85. The molecule has 33 heavy (non-hydrogen) atoms. The van der Waals surface area contributed by atoms with Gasteiger partial charge in [-0.25, -0.2) is 0 Å². The Kier molecular flexibility index (Phi) is 11.4. The maximum atomic E-state index is 9.60. The first-order valence-corrected chi connectivity index (χ1v) is 13.5. The molecule has 178 valence electrons. The molecule has 2 aromatic carbocycles. The first kappa shape index (κ1) is 25.4. The number of nitriles is 1. The van der Waals surface area contributed by atoms with E-state index in [9.17, 15) is 5.26 Å². The van der Waals surface area contributed by atoms with E-state index in [1.165, 1.54) is 80.9 Å². The second-order valence-electron chi connectivity index (χ2n) is 9.86. The zero-order valence-electron chi connectivity index (χ0n) is 20.7. The fourth-order valence-electron chi connectivity index (χ4n) is 5.15. The molecule has 1 atom stereocenters. The molecule has 0 radical (unpaired) electrons. The molecule has 1 unspecified atom stereocenters. The number of ether oxygens (including phenoxy) is 1. The van der Waals surface area contributed by atoms with Crippen molar-refractivity contribution in [2.24, 2.45) is 11.8 Å². The Labute approximate surface area is 202 Å². The van der Waals surface area contributed by atoms with Crippen LogP contribution in [0.1, 0.15) is 96.0 Å². The Hall–Kier alpha value is -2.27. The summed E-state index contributed by atoms with van der Waals surface area (Å²) in [6, 6.07) is 20.1. The number of benzene rings is 2. The summed E-state index contributed by atoms with van der Waals surface area (Å²) in [5, 5.41) is 9.60. The molecule has 0 saturated heterocycles. The SMILES string of the molecule is CCCCCCCCOc1ccc(-c2ccc(CCCC(C#N)C3CCCCC3)cc2)cc1. The van der Waals surface area contributed by atoms with Crippen molar-refractivity contribution in [1.29, 1.82) is 5.26 Å². The maximum Gasteiger partial charge on any atom is 0.119 e. The molecule has 1 aliphatic rings. The molecule has 0 aromatic heterocycles. The summed E-state index contributed by atoms with van der Waals surface area (Å²) in [6.07, 6.45) is 17.5. The van der Waals surface area contributed by atoms with Gasteiger partial charge in [0.25, 0.3) is 0 Å². The van der Waals surface area contributed by atoms with Gasteiger partial charge in [-0.05, 0) is 73.3 Å². The molecular formula is C31H43NO. The van der Waals surface area contributed by atoms with Gasteiger partial charge in [-0.15, -0.1) is 0 Å². The van der Waals surface area contributed by atoms with Gasteiger partial charge in [0.1, 0.15) is 5.75 Å². The van der Waals surface area contributed by atoms with Gasteiger partial charge in [-0.3, -0.25) is 0 Å². The lowest BCUT2D eigenvalue weighted by Crippen LogP contribution is -2.16. The van der Waals surface area contributed by atoms with Crippen LogP contribution in [0.3, 0.4) is 0 Å². The summed E-state index contributed by atoms with van der Waals surface area (Å²) < 4.78 is 5.92. The van der Waals surface area contributed by atoms with E-state index in [2.05, 4.69) is 61.5 Å². The van der Waals surface area contributed by atoms with Gasteiger partial charge in [0, 0.05) is 5.92 Å². The van der Waals surface area contributed by atoms with Gasteiger partial charge < -0.3 is 4.74 Å². The molecule has 0 aliphatic heterocycles. The third-order valence-corrected chi connectivity index (χ3v) is 7.27. The second kappa shape index (κ2) is 14.8. The molecule has 0 bridgehead atoms. The lowest BCUT2D eigenvalue weighted by molar-refractivity contribution is 0.277. The van der Waals surface area contributed by atoms with Crippen LogP contribution in [-0.2, 0) is 6.42 Å². The predicted molar refractivity (Wildman–Crippen MR) is 139 cm³/mol. The van der Waals surface area contributed by atoms with Gasteiger partial charge in [0.15, 0.2) is 0 Å². The molecule has 0 amide bonds. The van der Waals surface area contributed by atoms with Crippen molar-refractivity contribution in [3.05, 3.63) is 54.1 Å². The third-order valence-electron chi connectivity index (χ3n) is 7.27. The molecule has 3 rings (SSSR count). The highest BCUT2D eigenvalue weighted by Gasteiger charge is 2.22. The maximum absolute atomic E-state index is 9.60. The minimum Gasteiger partial charge on any atom is -0.494 e. The van der Waals surface area contributed by atoms with Crippen LogP contribution in [0.15, 0.2) is 48.5 Å². The van der Waals surface area contributed by atoms with Crippen LogP contribution in [0.4, 0.5) is 0 Å². The largest absolute Gasteiger partial charge is 0.494 e. The van der Waals surface area contributed by atoms with E-state index in [0.29, 0.717) is 5.92 Å². The van der Waals surface area contributed by atoms with Crippen LogP contribution in [0.25, 0.3) is 11.1 Å². The summed E-state index contributed by atoms with van der Waals surface area (Å²) in [7, 11) is 0. The first-order valence-electron chi connectivity index (χ1n) is 13.5. The summed E-state index contributed by atoms with van der Waals surface area (Å²) in [5.74, 6) is 1.86. The summed E-state index contributed by atoms with van der Waals surface area (Å²) >= 11 is 0. The summed E-state index contributed by atoms with van der Waals surface area (Å²) in [4.78, 5) is 0. The highest BCUT2D eigenvalue weighted by atomic mass is 16.5. The average Bonchev–Trinajstić information content (AvgIpc) is 2.87. The Morgan fingerprint density at radius 3 is 2.12 bits per heavy atom. The van der Waals surface area contributed by atoms with E-state index in [-0.39, 0.29) is 5.92 Å². The molecule has 2 heteroatoms. The Morgan fingerprint density at radius 1 is 0.818 bits per heavy atom. The second-order valence-corrected chi connectivity index (χ2v) is 9.86. The van der Waals surface area contributed by atoms with Crippen molar-refractivity contribution in [2.75, 3.05) is 6.61 Å². The van der Waals surface area contributed by atoms with Gasteiger partial charge in [0.2, 0.25) is 0 Å². The number of hydrogen-bond donors (Lipinski definition) is 0. The molecule has 0 heterocycles. The predicted octanol–water partition coefficient (Wildman–Crippen LogP) is 9.14. The van der Waals surface area contributed by atoms with Crippen molar-refractivity contribution in [2.45, 2.75) is 96.8 Å². The minimum atomic E-state index is 0.256. The Bertz CT molecular complexity index is 811. The lowest BCUT2D eigenvalue weighted by atomic mass is 9.78. The number of unbranched alkanes of at least 4 members (excludes halogenated alkanes) is 5. The van der Waals surface area contributed by atoms with Crippen molar-refractivity contribution in [1.82, 2.24) is 0 Å². The van der Waals surface area contributed by atoms with Gasteiger partial charge in [0.05, 0.1) is 12.7 Å². The zero-order valence-corrected chi connectivity index (χ0v) is 20.7. The van der Waals surface area contributed by atoms with Crippen LogP contribution >= 0.6 is 0 Å². The molecule has 1 saturated carbocycles. The van der Waals surface area contributed by atoms with Crippen LogP contribution in [0.5, 0.6) is 5.75 Å². The molecule has 1 aliphatic carbocycles. The molecular weight excluding hydrogens is 402 g/mol. The van der Waals surface area contributed by atoms with E-state index in [1.54, 1.807) is 0 Å². The van der Waals surface area contributed by atoms with Crippen molar-refractivity contribution in [3.8, 4) is 22.9 Å². The molecule has 2 aromatic rings. The standard InChI is InChI=1S/C31H43NO/c1-2-3-4-5-6-10-24-33-31-22-20-29(21-23-31)28-18-16-26(17-19-28)12-11-15-30(25-32)27-13-8-7-9-14-27/h16-23,27,30H,2-15,24H2,1H3. The van der Waals surface area contributed by atoms with Crippen LogP contribution in [0.2, 0.25) is 0 Å². The fourth-order valence-corrected chi connectivity index (χ4v) is 5.15. The van der Waals surface area contributed by atoms with Gasteiger partial charge in [-0.2, -0.15) is 5.26 Å². The van der Waals surface area contributed by atoms with E-state index in [0.717, 1.165) is 38.0 Å². The highest BCUT2D eigenvalue weighted by molar-refractivity contribution is 5.64. The average molecular weight is 446 g/mol. The molecule has 1 fully saturated rings. The molecule has 0 spiro atoms. The molecule has 2 nitrogen and oxygen atoms in total. The topological polar surface area (TPSA) is 33.0 Å².